The number of benzene rings is 1. The third kappa shape index (κ3) is 7.05. The van der Waals surface area contributed by atoms with Gasteiger partial charge in [-0.1, -0.05) is 5.92 Å². The number of H-pyrrole nitrogens is 1. The predicted molar refractivity (Wildman–Crippen MR) is 126 cm³/mol. The summed E-state index contributed by atoms with van der Waals surface area (Å²) in [6, 6.07) is 6.14. The number of piperazine rings is 1. The first-order valence-corrected chi connectivity index (χ1v) is 11.2. The molecule has 1 fully saturated rings. The first kappa shape index (κ1) is 25.6. The number of ether oxygens (including phenoxy) is 1. The molecule has 3 heterocycles. The second kappa shape index (κ2) is 11.5. The lowest BCUT2D eigenvalue weighted by Gasteiger charge is -2.32. The van der Waals surface area contributed by atoms with Crippen LogP contribution in [-0.2, 0) is 15.8 Å². The maximum Gasteiger partial charge on any atom is 0.432 e. The average molecular weight is 513 g/mol. The molecule has 0 radical (unpaired) electrons. The first-order chi connectivity index (χ1) is 17.8. The minimum absolute atomic E-state index is 0.0173. The summed E-state index contributed by atoms with van der Waals surface area (Å²) in [6.45, 7) is 3.57. The summed E-state index contributed by atoms with van der Waals surface area (Å²) in [5.74, 6) is 4.75. The zero-order valence-electron chi connectivity index (χ0n) is 19.5. The quantitative estimate of drug-likeness (QED) is 0.367. The molecule has 0 bridgehead atoms. The Labute approximate surface area is 209 Å². The number of alkyl halides is 3. The van der Waals surface area contributed by atoms with E-state index in [2.05, 4.69) is 42.2 Å². The van der Waals surface area contributed by atoms with E-state index < -0.39 is 17.8 Å². The molecule has 1 saturated heterocycles. The zero-order chi connectivity index (χ0) is 26.3. The van der Waals surface area contributed by atoms with Gasteiger partial charge < -0.3 is 19.9 Å². The second-order valence-electron chi connectivity index (χ2n) is 8.02. The van der Waals surface area contributed by atoms with Gasteiger partial charge >= 0.3 is 12.1 Å². The number of carbonyl (C=O) groups excluding carboxylic acids is 2. The summed E-state index contributed by atoms with van der Waals surface area (Å²) in [5, 5.41) is 9.96. The Kier molecular flexibility index (Phi) is 7.99. The fourth-order valence-electron chi connectivity index (χ4n) is 3.54. The maximum atomic E-state index is 13.0. The van der Waals surface area contributed by atoms with Gasteiger partial charge in [0, 0.05) is 49.8 Å². The predicted octanol–water partition coefficient (Wildman–Crippen LogP) is 2.03. The van der Waals surface area contributed by atoms with Gasteiger partial charge in [0.15, 0.2) is 0 Å². The summed E-state index contributed by atoms with van der Waals surface area (Å²) in [7, 11) is 0. The number of hydrogen-bond acceptors (Lipinski definition) is 7. The fourth-order valence-corrected chi connectivity index (χ4v) is 3.54. The van der Waals surface area contributed by atoms with Crippen molar-refractivity contribution >= 4 is 18.0 Å². The molecule has 2 N–H and O–H groups in total. The molecule has 1 aromatic carbocycles. The highest BCUT2D eigenvalue weighted by atomic mass is 19.4. The van der Waals surface area contributed by atoms with Crippen LogP contribution in [0.4, 0.5) is 18.9 Å². The van der Waals surface area contributed by atoms with Gasteiger partial charge in [0.2, 0.25) is 6.41 Å². The summed E-state index contributed by atoms with van der Waals surface area (Å²) < 4.78 is 44.9. The molecule has 192 valence electrons. The van der Waals surface area contributed by atoms with Crippen LogP contribution in [-0.4, -0.2) is 81.6 Å². The Morgan fingerprint density at radius 2 is 1.97 bits per heavy atom. The third-order valence-electron chi connectivity index (χ3n) is 5.51. The molecule has 0 unspecified atom stereocenters. The highest BCUT2D eigenvalue weighted by Crippen LogP contribution is 2.32. The molecule has 0 saturated carbocycles. The van der Waals surface area contributed by atoms with E-state index in [1.165, 1.54) is 18.5 Å². The van der Waals surface area contributed by atoms with Crippen LogP contribution in [0, 0.1) is 11.8 Å². The topological polar surface area (TPSA) is 116 Å². The Morgan fingerprint density at radius 3 is 2.65 bits per heavy atom. The minimum atomic E-state index is -4.57. The number of aromatic amines is 1. The number of nitrogens with zero attached hydrogens (tertiary/aromatic N) is 5. The van der Waals surface area contributed by atoms with Crippen molar-refractivity contribution in [2.45, 2.75) is 6.18 Å². The molecule has 2 amide bonds. The Morgan fingerprint density at radius 1 is 1.16 bits per heavy atom. The van der Waals surface area contributed by atoms with Gasteiger partial charge in [-0.05, 0) is 24.3 Å². The summed E-state index contributed by atoms with van der Waals surface area (Å²) in [6.07, 6.45) is -0.195. The van der Waals surface area contributed by atoms with Crippen LogP contribution in [0.1, 0.15) is 11.3 Å². The van der Waals surface area contributed by atoms with Crippen LogP contribution < -0.4 is 10.1 Å². The molecular formula is C24H22F3N7O3. The van der Waals surface area contributed by atoms with Crippen molar-refractivity contribution < 1.29 is 27.5 Å². The summed E-state index contributed by atoms with van der Waals surface area (Å²) in [5.41, 5.74) is 0.0371. The third-order valence-corrected chi connectivity index (χ3v) is 5.51. The lowest BCUT2D eigenvalue weighted by Crippen LogP contribution is -2.46. The van der Waals surface area contributed by atoms with Gasteiger partial charge in [-0.15, -0.1) is 0 Å². The molecule has 1 aliphatic rings. The molecule has 13 heteroatoms. The highest BCUT2D eigenvalue weighted by Gasteiger charge is 2.33. The monoisotopic (exact) mass is 513 g/mol. The van der Waals surface area contributed by atoms with Gasteiger partial charge in [0.05, 0.1) is 24.3 Å². The van der Waals surface area contributed by atoms with Crippen molar-refractivity contribution in [3.8, 4) is 29.0 Å². The van der Waals surface area contributed by atoms with E-state index in [0.29, 0.717) is 55.8 Å². The Hall–Kier alpha value is -4.44. The molecule has 4 rings (SSSR count). The number of carbonyl (C=O) groups is 2. The lowest BCUT2D eigenvalue weighted by atomic mass is 10.1. The van der Waals surface area contributed by atoms with Crippen molar-refractivity contribution in [3.05, 3.63) is 54.1 Å². The number of anilines is 1. The van der Waals surface area contributed by atoms with Crippen LogP contribution in [0.15, 0.2) is 42.9 Å². The van der Waals surface area contributed by atoms with Crippen molar-refractivity contribution in [2.75, 3.05) is 44.6 Å². The SMILES string of the molecule is O=CN1CCN(CCOc2ccc(-c3ncc(C(F)(F)F)[nH]3)cc2NC(=O)C#Cc2ccnnc2)CC1. The minimum Gasteiger partial charge on any atom is -0.490 e. The summed E-state index contributed by atoms with van der Waals surface area (Å²) >= 11 is 0. The maximum absolute atomic E-state index is 13.0. The molecule has 10 nitrogen and oxygen atoms in total. The molecule has 3 aromatic rings. The van der Waals surface area contributed by atoms with E-state index in [0.717, 1.165) is 6.41 Å². The number of imidazole rings is 1. The molecule has 37 heavy (non-hydrogen) atoms. The van der Waals surface area contributed by atoms with Crippen molar-refractivity contribution in [2.24, 2.45) is 0 Å². The van der Waals surface area contributed by atoms with Crippen LogP contribution in [0.25, 0.3) is 11.4 Å². The molecule has 1 aliphatic heterocycles. The summed E-state index contributed by atoms with van der Waals surface area (Å²) in [4.78, 5) is 33.3. The molecule has 2 aromatic heterocycles. The van der Waals surface area contributed by atoms with Crippen LogP contribution in [0.5, 0.6) is 5.75 Å². The van der Waals surface area contributed by atoms with E-state index in [9.17, 15) is 22.8 Å². The second-order valence-corrected chi connectivity index (χ2v) is 8.02. The standard InChI is InChI=1S/C24H22F3N7O3/c25-24(26,27)21-15-28-23(32-21)18-2-3-20(37-12-11-33-7-9-34(16-35)10-8-33)19(13-18)31-22(36)4-1-17-5-6-29-30-14-17/h2-3,5-6,13-16H,7-12H2,(H,28,32)(H,31,36). The molecular weight excluding hydrogens is 491 g/mol. The van der Waals surface area contributed by atoms with Gasteiger partial charge in [-0.25, -0.2) is 4.98 Å². The number of halogens is 3. The largest absolute Gasteiger partial charge is 0.490 e. The van der Waals surface area contributed by atoms with Gasteiger partial charge in [-0.2, -0.15) is 23.4 Å². The molecule has 0 aliphatic carbocycles. The molecule has 0 spiro atoms. The smallest absolute Gasteiger partial charge is 0.432 e. The van der Waals surface area contributed by atoms with E-state index in [1.807, 2.05) is 0 Å². The Balaban J connectivity index is 1.50. The van der Waals surface area contributed by atoms with Crippen LogP contribution in [0.2, 0.25) is 0 Å². The van der Waals surface area contributed by atoms with Crippen LogP contribution in [0.3, 0.4) is 0 Å². The normalized spacial score (nSPS) is 14.0. The van der Waals surface area contributed by atoms with E-state index in [1.54, 1.807) is 23.1 Å². The van der Waals surface area contributed by atoms with Crippen molar-refractivity contribution in [1.82, 2.24) is 30.0 Å². The zero-order valence-corrected chi connectivity index (χ0v) is 19.5. The van der Waals surface area contributed by atoms with E-state index >= 15 is 0 Å². The number of nitrogens with one attached hydrogen (secondary N) is 2. The number of hydrogen-bond donors (Lipinski definition) is 2. The van der Waals surface area contributed by atoms with Crippen molar-refractivity contribution in [3.63, 3.8) is 0 Å². The van der Waals surface area contributed by atoms with Crippen molar-refractivity contribution in [1.29, 1.82) is 0 Å². The van der Waals surface area contributed by atoms with E-state index in [4.69, 9.17) is 4.74 Å². The number of aromatic nitrogens is 4. The van der Waals surface area contributed by atoms with Gasteiger partial charge in [0.25, 0.3) is 0 Å². The van der Waals surface area contributed by atoms with E-state index in [-0.39, 0.29) is 18.1 Å². The number of amides is 2. The number of rotatable bonds is 7. The van der Waals surface area contributed by atoms with Gasteiger partial charge in [-0.3, -0.25) is 14.5 Å². The van der Waals surface area contributed by atoms with Crippen LogP contribution >= 0.6 is 0 Å². The fraction of sp³-hybridized carbons (Fsp3) is 0.292. The first-order valence-electron chi connectivity index (χ1n) is 11.2. The Bertz CT molecular complexity index is 1290. The van der Waals surface area contributed by atoms with Gasteiger partial charge in [0.1, 0.15) is 23.9 Å². The molecule has 0 atom stereocenters. The lowest BCUT2D eigenvalue weighted by molar-refractivity contribution is -0.140. The average Bonchev–Trinajstić information content (AvgIpc) is 3.41. The highest BCUT2D eigenvalue weighted by molar-refractivity contribution is 6.05.